The first kappa shape index (κ1) is 15.8. The normalized spacial score (nSPS) is 10.2. The van der Waals surface area contributed by atoms with Crippen LogP contribution in [0.4, 0.5) is 5.82 Å². The second kappa shape index (κ2) is 7.97. The van der Waals surface area contributed by atoms with Crippen LogP contribution < -0.4 is 10.1 Å². The molecule has 1 aromatic carbocycles. The molecule has 0 fully saturated rings. The van der Waals surface area contributed by atoms with Crippen molar-refractivity contribution in [3.05, 3.63) is 36.9 Å². The van der Waals surface area contributed by atoms with Gasteiger partial charge in [-0.2, -0.15) is 0 Å². The molecule has 0 radical (unpaired) electrons. The van der Waals surface area contributed by atoms with Gasteiger partial charge in [0.1, 0.15) is 12.4 Å². The molecule has 6 heteroatoms. The van der Waals surface area contributed by atoms with E-state index in [0.29, 0.717) is 24.5 Å². The fourth-order valence-corrected chi connectivity index (χ4v) is 1.86. The van der Waals surface area contributed by atoms with Crippen molar-refractivity contribution < 1.29 is 14.2 Å². The predicted octanol–water partition coefficient (Wildman–Crippen LogP) is 3.43. The summed E-state index contributed by atoms with van der Waals surface area (Å²) in [7, 11) is 0. The summed E-state index contributed by atoms with van der Waals surface area (Å²) in [5.41, 5.74) is 1.29. The van der Waals surface area contributed by atoms with Gasteiger partial charge < -0.3 is 10.1 Å². The Kier molecular flexibility index (Phi) is 5.71. The van der Waals surface area contributed by atoms with Gasteiger partial charge in [0.2, 0.25) is 11.7 Å². The van der Waals surface area contributed by atoms with E-state index in [1.54, 1.807) is 6.08 Å². The molecule has 2 aromatic rings. The summed E-state index contributed by atoms with van der Waals surface area (Å²) in [6.07, 6.45) is 3.93. The SMILES string of the molecule is C=CCOc1ccc(-c2nonc2NC(=O)CCCC)cc1. The van der Waals surface area contributed by atoms with Gasteiger partial charge in [0.25, 0.3) is 0 Å². The molecule has 0 bridgehead atoms. The molecule has 1 aromatic heterocycles. The number of rotatable bonds is 8. The number of nitrogens with zero attached hydrogens (tertiary/aromatic N) is 2. The number of carbonyl (C=O) groups excluding carboxylic acids is 1. The van der Waals surface area contributed by atoms with Crippen LogP contribution in [0.15, 0.2) is 41.5 Å². The first-order chi connectivity index (χ1) is 10.7. The molecule has 22 heavy (non-hydrogen) atoms. The minimum absolute atomic E-state index is 0.0928. The number of anilines is 1. The Bertz CT molecular complexity index is 620. The molecule has 2 rings (SSSR count). The van der Waals surface area contributed by atoms with Crippen molar-refractivity contribution in [2.75, 3.05) is 11.9 Å². The molecule has 0 saturated carbocycles. The number of hydrogen-bond donors (Lipinski definition) is 1. The summed E-state index contributed by atoms with van der Waals surface area (Å²) in [4.78, 5) is 11.8. The van der Waals surface area contributed by atoms with Crippen molar-refractivity contribution in [3.8, 4) is 17.0 Å². The van der Waals surface area contributed by atoms with Gasteiger partial charge in [-0.1, -0.05) is 26.0 Å². The first-order valence-electron chi connectivity index (χ1n) is 7.21. The van der Waals surface area contributed by atoms with E-state index in [1.807, 2.05) is 31.2 Å². The molecular formula is C16H19N3O3. The molecule has 0 atom stereocenters. The number of ether oxygens (including phenoxy) is 1. The summed E-state index contributed by atoms with van der Waals surface area (Å²) in [6, 6.07) is 7.30. The van der Waals surface area contributed by atoms with Crippen LogP contribution in [0.2, 0.25) is 0 Å². The van der Waals surface area contributed by atoms with Gasteiger partial charge in [-0.15, -0.1) is 0 Å². The van der Waals surface area contributed by atoms with Gasteiger partial charge in [0, 0.05) is 12.0 Å². The van der Waals surface area contributed by atoms with Crippen molar-refractivity contribution in [3.63, 3.8) is 0 Å². The van der Waals surface area contributed by atoms with Gasteiger partial charge in [-0.25, -0.2) is 4.63 Å². The van der Waals surface area contributed by atoms with E-state index in [1.165, 1.54) is 0 Å². The highest BCUT2D eigenvalue weighted by atomic mass is 16.6. The average molecular weight is 301 g/mol. The van der Waals surface area contributed by atoms with E-state index in [2.05, 4.69) is 22.2 Å². The molecule has 1 amide bonds. The average Bonchev–Trinajstić information content (AvgIpc) is 2.99. The smallest absolute Gasteiger partial charge is 0.225 e. The molecule has 0 unspecified atom stereocenters. The van der Waals surface area contributed by atoms with E-state index in [0.717, 1.165) is 24.2 Å². The molecule has 0 aliphatic heterocycles. The van der Waals surface area contributed by atoms with Crippen molar-refractivity contribution in [2.24, 2.45) is 0 Å². The maximum Gasteiger partial charge on any atom is 0.225 e. The van der Waals surface area contributed by atoms with E-state index >= 15 is 0 Å². The minimum atomic E-state index is -0.0928. The fourth-order valence-electron chi connectivity index (χ4n) is 1.86. The number of nitrogens with one attached hydrogen (secondary N) is 1. The molecule has 0 spiro atoms. The highest BCUT2D eigenvalue weighted by Crippen LogP contribution is 2.26. The molecule has 0 aliphatic rings. The number of benzene rings is 1. The van der Waals surface area contributed by atoms with Crippen LogP contribution in [-0.2, 0) is 4.79 Å². The second-order valence-electron chi connectivity index (χ2n) is 4.74. The third kappa shape index (κ3) is 4.18. The van der Waals surface area contributed by atoms with Crippen LogP contribution in [0, 0.1) is 0 Å². The summed E-state index contributed by atoms with van der Waals surface area (Å²) in [6.45, 7) is 6.08. The van der Waals surface area contributed by atoms with Crippen LogP contribution in [0.25, 0.3) is 11.3 Å². The molecule has 0 saturated heterocycles. The van der Waals surface area contributed by atoms with Gasteiger partial charge in [-0.05, 0) is 41.0 Å². The zero-order valence-corrected chi connectivity index (χ0v) is 12.5. The Morgan fingerprint density at radius 3 is 2.82 bits per heavy atom. The highest BCUT2D eigenvalue weighted by Gasteiger charge is 2.14. The zero-order chi connectivity index (χ0) is 15.8. The molecule has 116 valence electrons. The lowest BCUT2D eigenvalue weighted by atomic mass is 10.1. The topological polar surface area (TPSA) is 77.2 Å². The van der Waals surface area contributed by atoms with Gasteiger partial charge in [0.05, 0.1) is 0 Å². The van der Waals surface area contributed by atoms with E-state index < -0.39 is 0 Å². The van der Waals surface area contributed by atoms with Gasteiger partial charge in [-0.3, -0.25) is 4.79 Å². The molecule has 1 heterocycles. The Morgan fingerprint density at radius 1 is 1.36 bits per heavy atom. The predicted molar refractivity (Wildman–Crippen MR) is 83.6 cm³/mol. The van der Waals surface area contributed by atoms with Crippen LogP contribution in [0.3, 0.4) is 0 Å². The van der Waals surface area contributed by atoms with E-state index in [4.69, 9.17) is 9.37 Å². The summed E-state index contributed by atoms with van der Waals surface area (Å²) >= 11 is 0. The largest absolute Gasteiger partial charge is 0.490 e. The number of hydrogen-bond acceptors (Lipinski definition) is 5. The van der Waals surface area contributed by atoms with Crippen LogP contribution in [0.5, 0.6) is 5.75 Å². The molecule has 0 aliphatic carbocycles. The number of carbonyl (C=O) groups is 1. The Hall–Kier alpha value is -2.63. The Labute approximate surface area is 129 Å². The maximum atomic E-state index is 11.8. The van der Waals surface area contributed by atoms with Crippen LogP contribution in [-0.4, -0.2) is 22.8 Å². The Morgan fingerprint density at radius 2 is 2.14 bits per heavy atom. The van der Waals surface area contributed by atoms with Gasteiger partial charge in [0.15, 0.2) is 5.69 Å². The van der Waals surface area contributed by atoms with Crippen molar-refractivity contribution in [1.82, 2.24) is 10.3 Å². The van der Waals surface area contributed by atoms with Gasteiger partial charge >= 0.3 is 0 Å². The number of aromatic nitrogens is 2. The summed E-state index contributed by atoms with van der Waals surface area (Å²) in [5, 5.41) is 10.3. The quantitative estimate of drug-likeness (QED) is 0.756. The number of amides is 1. The van der Waals surface area contributed by atoms with Crippen molar-refractivity contribution >= 4 is 11.7 Å². The highest BCUT2D eigenvalue weighted by molar-refractivity contribution is 5.92. The van der Waals surface area contributed by atoms with Crippen molar-refractivity contribution in [2.45, 2.75) is 26.2 Å². The standard InChI is InChI=1S/C16H19N3O3/c1-3-5-6-14(20)17-16-15(18-22-19-16)12-7-9-13(10-8-12)21-11-4-2/h4,7-10H,2-3,5-6,11H2,1H3,(H,17,19,20). The monoisotopic (exact) mass is 301 g/mol. The van der Waals surface area contributed by atoms with Crippen molar-refractivity contribution in [1.29, 1.82) is 0 Å². The Balaban J connectivity index is 2.08. The summed E-state index contributed by atoms with van der Waals surface area (Å²) in [5.74, 6) is 0.972. The lowest BCUT2D eigenvalue weighted by molar-refractivity contribution is -0.116. The zero-order valence-electron chi connectivity index (χ0n) is 12.5. The minimum Gasteiger partial charge on any atom is -0.490 e. The first-order valence-corrected chi connectivity index (χ1v) is 7.21. The number of unbranched alkanes of at least 4 members (excludes halogenated alkanes) is 1. The van der Waals surface area contributed by atoms with Crippen LogP contribution >= 0.6 is 0 Å². The van der Waals surface area contributed by atoms with Crippen LogP contribution in [0.1, 0.15) is 26.2 Å². The molecule has 6 nitrogen and oxygen atoms in total. The molecule has 1 N–H and O–H groups in total. The lowest BCUT2D eigenvalue weighted by Gasteiger charge is -2.05. The molecular weight excluding hydrogens is 282 g/mol. The summed E-state index contributed by atoms with van der Waals surface area (Å²) < 4.78 is 10.2. The third-order valence-corrected chi connectivity index (χ3v) is 3.00. The van der Waals surface area contributed by atoms with E-state index in [9.17, 15) is 4.79 Å². The lowest BCUT2D eigenvalue weighted by Crippen LogP contribution is -2.11. The third-order valence-electron chi connectivity index (χ3n) is 3.00. The van der Waals surface area contributed by atoms with E-state index in [-0.39, 0.29) is 5.91 Å². The maximum absolute atomic E-state index is 11.8. The second-order valence-corrected chi connectivity index (χ2v) is 4.74. The fraction of sp³-hybridized carbons (Fsp3) is 0.312.